The molecule has 3 aromatic rings. The Balaban J connectivity index is 1.45. The van der Waals surface area contributed by atoms with Crippen LogP contribution >= 0.6 is 0 Å². The van der Waals surface area contributed by atoms with Gasteiger partial charge in [-0.05, 0) is 47.5 Å². The average Bonchev–Trinajstić information content (AvgIpc) is 3.33. The standard InChI is InChI=1S/C23H18FNO6/c1-13-9-17(29-21(26)8-7-16-12-20(28-2)25-31-16)11-18-22(13)23(27)19(30-18)10-14-3-5-15(24)6-4-14/h3-6,9-12H,7-8H2,1-2H3/b19-10-. The molecule has 0 saturated carbocycles. The van der Waals surface area contributed by atoms with E-state index in [0.29, 0.717) is 40.5 Å². The van der Waals surface area contributed by atoms with Crippen LogP contribution in [0.4, 0.5) is 4.39 Å². The molecule has 158 valence electrons. The summed E-state index contributed by atoms with van der Waals surface area (Å²) in [7, 11) is 1.47. The molecule has 0 spiro atoms. The average molecular weight is 423 g/mol. The molecular weight excluding hydrogens is 405 g/mol. The maximum Gasteiger partial charge on any atom is 0.311 e. The molecule has 0 saturated heterocycles. The third-order valence-electron chi connectivity index (χ3n) is 4.67. The predicted molar refractivity (Wildman–Crippen MR) is 108 cm³/mol. The lowest BCUT2D eigenvalue weighted by Gasteiger charge is -2.07. The van der Waals surface area contributed by atoms with Gasteiger partial charge >= 0.3 is 5.97 Å². The lowest BCUT2D eigenvalue weighted by molar-refractivity contribution is -0.134. The van der Waals surface area contributed by atoms with Crippen molar-refractivity contribution in [2.75, 3.05) is 7.11 Å². The number of hydrogen-bond donors (Lipinski definition) is 0. The predicted octanol–water partition coefficient (Wildman–Crippen LogP) is 4.29. The molecule has 0 bridgehead atoms. The number of ether oxygens (including phenoxy) is 3. The molecule has 1 aliphatic heterocycles. The first-order chi connectivity index (χ1) is 14.9. The van der Waals surface area contributed by atoms with Gasteiger partial charge < -0.3 is 18.7 Å². The summed E-state index contributed by atoms with van der Waals surface area (Å²) in [6, 6.07) is 10.4. The molecule has 0 fully saturated rings. The number of esters is 1. The van der Waals surface area contributed by atoms with Crippen molar-refractivity contribution in [3.63, 3.8) is 0 Å². The fourth-order valence-electron chi connectivity index (χ4n) is 3.16. The van der Waals surface area contributed by atoms with Gasteiger partial charge in [-0.15, -0.1) is 0 Å². The highest BCUT2D eigenvalue weighted by molar-refractivity contribution is 6.15. The largest absolute Gasteiger partial charge is 0.479 e. The maximum absolute atomic E-state index is 13.1. The van der Waals surface area contributed by atoms with Gasteiger partial charge in [-0.3, -0.25) is 9.59 Å². The molecule has 0 atom stereocenters. The Bertz CT molecular complexity index is 1180. The number of rotatable bonds is 6. The van der Waals surface area contributed by atoms with E-state index in [9.17, 15) is 14.0 Å². The molecule has 4 rings (SSSR count). The van der Waals surface area contributed by atoms with E-state index in [-0.39, 0.29) is 29.5 Å². The van der Waals surface area contributed by atoms with Crippen LogP contribution in [0.25, 0.3) is 6.08 Å². The number of hydrogen-bond acceptors (Lipinski definition) is 7. The van der Waals surface area contributed by atoms with E-state index in [4.69, 9.17) is 18.7 Å². The van der Waals surface area contributed by atoms with E-state index >= 15 is 0 Å². The van der Waals surface area contributed by atoms with Crippen molar-refractivity contribution in [3.05, 3.63) is 76.5 Å². The van der Waals surface area contributed by atoms with Gasteiger partial charge in [0.1, 0.15) is 23.1 Å². The first-order valence-corrected chi connectivity index (χ1v) is 9.47. The fraction of sp³-hybridized carbons (Fsp3) is 0.174. The third kappa shape index (κ3) is 4.48. The fourth-order valence-corrected chi connectivity index (χ4v) is 3.16. The van der Waals surface area contributed by atoms with E-state index in [1.54, 1.807) is 37.3 Å². The molecule has 0 unspecified atom stereocenters. The Kier molecular flexibility index (Phi) is 5.53. The molecule has 7 nitrogen and oxygen atoms in total. The maximum atomic E-state index is 13.1. The van der Waals surface area contributed by atoms with Gasteiger partial charge in [-0.25, -0.2) is 4.39 Å². The van der Waals surface area contributed by atoms with E-state index < -0.39 is 5.97 Å². The number of carbonyl (C=O) groups excluding carboxylic acids is 2. The molecule has 1 aromatic heterocycles. The normalized spacial score (nSPS) is 13.8. The second-order valence-electron chi connectivity index (χ2n) is 6.91. The van der Waals surface area contributed by atoms with Gasteiger partial charge in [0.25, 0.3) is 5.88 Å². The number of carbonyl (C=O) groups is 2. The molecule has 8 heteroatoms. The Morgan fingerprint density at radius 1 is 1.19 bits per heavy atom. The number of benzene rings is 2. The Labute approximate surface area is 177 Å². The highest BCUT2D eigenvalue weighted by Crippen LogP contribution is 2.37. The van der Waals surface area contributed by atoms with Crippen molar-refractivity contribution >= 4 is 17.8 Å². The van der Waals surface area contributed by atoms with Gasteiger partial charge in [0.15, 0.2) is 5.76 Å². The van der Waals surface area contributed by atoms with E-state index in [1.165, 1.54) is 25.3 Å². The molecule has 1 aliphatic rings. The molecule has 0 aliphatic carbocycles. The van der Waals surface area contributed by atoms with Crippen LogP contribution in [0.1, 0.15) is 33.7 Å². The summed E-state index contributed by atoms with van der Waals surface area (Å²) in [4.78, 5) is 24.9. The number of halogens is 1. The monoisotopic (exact) mass is 423 g/mol. The second kappa shape index (κ2) is 8.43. The lowest BCUT2D eigenvalue weighted by Crippen LogP contribution is -2.09. The molecule has 2 aromatic carbocycles. The first kappa shape index (κ1) is 20.3. The van der Waals surface area contributed by atoms with Crippen molar-refractivity contribution < 1.29 is 32.7 Å². The van der Waals surface area contributed by atoms with Crippen molar-refractivity contribution in [1.29, 1.82) is 0 Å². The van der Waals surface area contributed by atoms with Crippen LogP contribution in [-0.4, -0.2) is 24.0 Å². The molecule has 0 N–H and O–H groups in total. The van der Waals surface area contributed by atoms with Gasteiger partial charge in [-0.2, -0.15) is 0 Å². The number of methoxy groups -OCH3 is 1. The van der Waals surface area contributed by atoms with Crippen LogP contribution in [-0.2, 0) is 11.2 Å². The summed E-state index contributed by atoms with van der Waals surface area (Å²) in [5, 5.41) is 3.67. The van der Waals surface area contributed by atoms with Crippen LogP contribution in [0.3, 0.4) is 0 Å². The van der Waals surface area contributed by atoms with E-state index in [1.807, 2.05) is 0 Å². The zero-order chi connectivity index (χ0) is 22.0. The summed E-state index contributed by atoms with van der Waals surface area (Å²) in [5.74, 6) is 0.414. The van der Waals surface area contributed by atoms with Crippen molar-refractivity contribution in [1.82, 2.24) is 5.16 Å². The Hall–Kier alpha value is -3.94. The lowest BCUT2D eigenvalue weighted by atomic mass is 10.0. The number of nitrogens with zero attached hydrogens (tertiary/aromatic N) is 1. The summed E-state index contributed by atoms with van der Waals surface area (Å²) in [6.45, 7) is 1.74. The van der Waals surface area contributed by atoms with E-state index in [0.717, 1.165) is 0 Å². The Morgan fingerprint density at radius 3 is 2.68 bits per heavy atom. The first-order valence-electron chi connectivity index (χ1n) is 9.47. The number of ketones is 1. The van der Waals surface area contributed by atoms with Crippen molar-refractivity contribution in [3.8, 4) is 17.4 Å². The van der Waals surface area contributed by atoms with Gasteiger partial charge in [0.2, 0.25) is 5.78 Å². The van der Waals surface area contributed by atoms with Crippen molar-refractivity contribution in [2.45, 2.75) is 19.8 Å². The molecular formula is C23H18FNO6. The number of aryl methyl sites for hydroxylation is 2. The number of aromatic nitrogens is 1. The van der Waals surface area contributed by atoms with Crippen molar-refractivity contribution in [2.24, 2.45) is 0 Å². The molecule has 0 amide bonds. The van der Waals surface area contributed by atoms with Crippen LogP contribution in [0.15, 0.2) is 52.7 Å². The number of Topliss-reactive ketones (excluding diaryl/α,β-unsaturated/α-hetero) is 1. The topological polar surface area (TPSA) is 87.9 Å². The van der Waals surface area contributed by atoms with Gasteiger partial charge in [0, 0.05) is 18.6 Å². The van der Waals surface area contributed by atoms with Gasteiger partial charge in [0.05, 0.1) is 19.1 Å². The summed E-state index contributed by atoms with van der Waals surface area (Å²) < 4.78 is 34.1. The highest BCUT2D eigenvalue weighted by atomic mass is 19.1. The third-order valence-corrected chi connectivity index (χ3v) is 4.67. The van der Waals surface area contributed by atoms with Crippen LogP contribution in [0.5, 0.6) is 17.4 Å². The minimum absolute atomic E-state index is 0.0734. The SMILES string of the molecule is COc1cc(CCC(=O)Oc2cc(C)c3c(c2)O/C(=C\c2ccc(F)cc2)C3=O)on1. The van der Waals surface area contributed by atoms with Gasteiger partial charge in [-0.1, -0.05) is 12.1 Å². The Morgan fingerprint density at radius 2 is 1.97 bits per heavy atom. The van der Waals surface area contributed by atoms with Crippen LogP contribution < -0.4 is 14.2 Å². The minimum atomic E-state index is -0.471. The number of allylic oxidation sites excluding steroid dienone is 1. The summed E-state index contributed by atoms with van der Waals surface area (Å²) in [5.41, 5.74) is 1.65. The van der Waals surface area contributed by atoms with E-state index in [2.05, 4.69) is 5.16 Å². The smallest absolute Gasteiger partial charge is 0.311 e. The quantitative estimate of drug-likeness (QED) is 0.332. The highest BCUT2D eigenvalue weighted by Gasteiger charge is 2.30. The molecule has 0 radical (unpaired) electrons. The summed E-state index contributed by atoms with van der Waals surface area (Å²) in [6.07, 6.45) is 1.92. The van der Waals surface area contributed by atoms with Crippen LogP contribution in [0.2, 0.25) is 0 Å². The zero-order valence-corrected chi connectivity index (χ0v) is 16.8. The summed E-state index contributed by atoms with van der Waals surface area (Å²) >= 11 is 0. The van der Waals surface area contributed by atoms with Crippen LogP contribution in [0, 0.1) is 12.7 Å². The molecule has 31 heavy (non-hydrogen) atoms. The zero-order valence-electron chi connectivity index (χ0n) is 16.8. The second-order valence-corrected chi connectivity index (χ2v) is 6.91. The molecule has 2 heterocycles. The number of fused-ring (bicyclic) bond motifs is 1. The minimum Gasteiger partial charge on any atom is -0.479 e.